The van der Waals surface area contributed by atoms with Gasteiger partial charge in [0.05, 0.1) is 10.7 Å². The number of fused-ring (bicyclic) bond motifs is 1. The topological polar surface area (TPSA) is 82.7 Å². The molecular formula is C21H19ClFN5O. The smallest absolute Gasteiger partial charge is 0.256 e. The van der Waals surface area contributed by atoms with E-state index in [4.69, 9.17) is 11.6 Å². The molecule has 0 saturated carbocycles. The highest BCUT2D eigenvalue weighted by atomic mass is 35.5. The van der Waals surface area contributed by atoms with Crippen molar-refractivity contribution in [1.29, 1.82) is 0 Å². The SMILES string of the molecule is C=C1Cc2c(ncnc2Nc2cc(-c3ccc(F)c(Cl)c3)c(=O)[nH]c2C(C)C)N1. The third-order valence-corrected chi connectivity index (χ3v) is 5.05. The van der Waals surface area contributed by atoms with Gasteiger partial charge in [0, 0.05) is 28.9 Å². The molecule has 3 aromatic rings. The number of allylic oxidation sites excluding steroid dienone is 1. The first-order valence-electron chi connectivity index (χ1n) is 9.12. The second kappa shape index (κ2) is 7.33. The fourth-order valence-electron chi connectivity index (χ4n) is 3.33. The Morgan fingerprint density at radius 2 is 2.07 bits per heavy atom. The molecule has 3 heterocycles. The maximum absolute atomic E-state index is 13.6. The Morgan fingerprint density at radius 3 is 2.79 bits per heavy atom. The quantitative estimate of drug-likeness (QED) is 0.564. The number of aromatic amines is 1. The van der Waals surface area contributed by atoms with Crippen molar-refractivity contribution >= 4 is 28.9 Å². The predicted octanol–water partition coefficient (Wildman–Crippen LogP) is 4.97. The van der Waals surface area contributed by atoms with Gasteiger partial charge in [0.2, 0.25) is 0 Å². The van der Waals surface area contributed by atoms with Gasteiger partial charge < -0.3 is 15.6 Å². The van der Waals surface area contributed by atoms with Crippen LogP contribution in [0.3, 0.4) is 0 Å². The monoisotopic (exact) mass is 411 g/mol. The van der Waals surface area contributed by atoms with Crippen LogP contribution in [0.15, 0.2) is 47.7 Å². The van der Waals surface area contributed by atoms with Gasteiger partial charge in [-0.15, -0.1) is 0 Å². The molecule has 0 radical (unpaired) electrons. The van der Waals surface area contributed by atoms with Crippen LogP contribution in [0, 0.1) is 5.82 Å². The van der Waals surface area contributed by atoms with Crippen LogP contribution in [-0.2, 0) is 6.42 Å². The molecule has 1 aliphatic heterocycles. The Hall–Kier alpha value is -3.19. The zero-order chi connectivity index (χ0) is 20.7. The lowest BCUT2D eigenvalue weighted by Gasteiger charge is -2.17. The van der Waals surface area contributed by atoms with Crippen LogP contribution in [0.4, 0.5) is 21.7 Å². The van der Waals surface area contributed by atoms with E-state index < -0.39 is 5.82 Å². The minimum Gasteiger partial charge on any atom is -0.344 e. The normalized spacial score (nSPS) is 12.8. The molecule has 148 valence electrons. The number of H-pyrrole nitrogens is 1. The van der Waals surface area contributed by atoms with E-state index in [0.29, 0.717) is 34.9 Å². The Morgan fingerprint density at radius 1 is 1.28 bits per heavy atom. The summed E-state index contributed by atoms with van der Waals surface area (Å²) in [6.07, 6.45) is 2.08. The second-order valence-electron chi connectivity index (χ2n) is 7.20. The van der Waals surface area contributed by atoms with Crippen molar-refractivity contribution in [3.05, 3.63) is 75.3 Å². The minimum atomic E-state index is -0.534. The van der Waals surface area contributed by atoms with Crippen LogP contribution in [0.5, 0.6) is 0 Å². The summed E-state index contributed by atoms with van der Waals surface area (Å²) in [7, 11) is 0. The molecule has 4 rings (SSSR count). The fraction of sp³-hybridized carbons (Fsp3) is 0.190. The molecule has 0 aliphatic carbocycles. The predicted molar refractivity (Wildman–Crippen MR) is 113 cm³/mol. The molecule has 0 bridgehead atoms. The van der Waals surface area contributed by atoms with Gasteiger partial charge in [-0.1, -0.05) is 38.1 Å². The van der Waals surface area contributed by atoms with Crippen LogP contribution < -0.4 is 16.2 Å². The number of hydrogen-bond donors (Lipinski definition) is 3. The number of halogens is 2. The van der Waals surface area contributed by atoms with Crippen LogP contribution in [0.2, 0.25) is 5.02 Å². The third-order valence-electron chi connectivity index (χ3n) is 4.76. The fourth-order valence-corrected chi connectivity index (χ4v) is 3.51. The Balaban J connectivity index is 1.83. The average molecular weight is 412 g/mol. The van der Waals surface area contributed by atoms with Crippen molar-refractivity contribution in [2.75, 3.05) is 10.6 Å². The molecule has 29 heavy (non-hydrogen) atoms. The molecular weight excluding hydrogens is 393 g/mol. The first-order chi connectivity index (χ1) is 13.8. The van der Waals surface area contributed by atoms with Crippen LogP contribution in [0.25, 0.3) is 11.1 Å². The highest BCUT2D eigenvalue weighted by Gasteiger charge is 2.21. The van der Waals surface area contributed by atoms with E-state index in [1.807, 2.05) is 13.8 Å². The number of nitrogens with one attached hydrogen (secondary N) is 3. The molecule has 0 fully saturated rings. The number of anilines is 3. The van der Waals surface area contributed by atoms with Crippen LogP contribution >= 0.6 is 11.6 Å². The first kappa shape index (κ1) is 19.1. The molecule has 2 aromatic heterocycles. The molecule has 3 N–H and O–H groups in total. The summed E-state index contributed by atoms with van der Waals surface area (Å²) in [4.78, 5) is 24.3. The van der Waals surface area contributed by atoms with E-state index in [-0.39, 0.29) is 16.5 Å². The largest absolute Gasteiger partial charge is 0.344 e. The van der Waals surface area contributed by atoms with Crippen molar-refractivity contribution < 1.29 is 4.39 Å². The van der Waals surface area contributed by atoms with E-state index in [9.17, 15) is 9.18 Å². The lowest BCUT2D eigenvalue weighted by Crippen LogP contribution is -2.15. The van der Waals surface area contributed by atoms with Gasteiger partial charge in [-0.2, -0.15) is 0 Å². The lowest BCUT2D eigenvalue weighted by atomic mass is 10.0. The van der Waals surface area contributed by atoms with Crippen molar-refractivity contribution in [3.63, 3.8) is 0 Å². The number of benzene rings is 1. The Kier molecular flexibility index (Phi) is 4.84. The number of nitrogens with zero attached hydrogens (tertiary/aromatic N) is 2. The molecule has 0 amide bonds. The van der Waals surface area contributed by atoms with Gasteiger partial charge in [-0.3, -0.25) is 4.79 Å². The highest BCUT2D eigenvalue weighted by Crippen LogP contribution is 2.34. The first-order valence-corrected chi connectivity index (χ1v) is 9.49. The zero-order valence-electron chi connectivity index (χ0n) is 15.9. The summed E-state index contributed by atoms with van der Waals surface area (Å²) in [5, 5.41) is 6.41. The third kappa shape index (κ3) is 3.61. The summed E-state index contributed by atoms with van der Waals surface area (Å²) in [5.41, 5.74) is 3.83. The summed E-state index contributed by atoms with van der Waals surface area (Å²) in [5.74, 6) is 0.874. The number of rotatable bonds is 4. The Labute approximate surface area is 171 Å². The molecule has 0 saturated heterocycles. The van der Waals surface area contributed by atoms with Gasteiger partial charge >= 0.3 is 0 Å². The summed E-state index contributed by atoms with van der Waals surface area (Å²) >= 11 is 5.91. The highest BCUT2D eigenvalue weighted by molar-refractivity contribution is 6.31. The van der Waals surface area contributed by atoms with Gasteiger partial charge in [0.25, 0.3) is 5.56 Å². The van der Waals surface area contributed by atoms with Crippen LogP contribution in [0.1, 0.15) is 31.0 Å². The van der Waals surface area contributed by atoms with Crippen molar-refractivity contribution in [2.45, 2.75) is 26.2 Å². The van der Waals surface area contributed by atoms with E-state index in [0.717, 1.165) is 17.0 Å². The van der Waals surface area contributed by atoms with Crippen molar-refractivity contribution in [1.82, 2.24) is 15.0 Å². The average Bonchev–Trinajstić information content (AvgIpc) is 3.06. The van der Waals surface area contributed by atoms with Gasteiger partial charge in [-0.05, 0) is 29.7 Å². The molecule has 0 unspecified atom stereocenters. The van der Waals surface area contributed by atoms with E-state index >= 15 is 0 Å². The van der Waals surface area contributed by atoms with E-state index in [2.05, 4.69) is 32.2 Å². The van der Waals surface area contributed by atoms with Crippen molar-refractivity contribution in [3.8, 4) is 11.1 Å². The standard InChI is InChI=1S/C21H19ClFN5O/c1-10(2)18-17(27-20-14-6-11(3)26-19(14)24-9-25-20)8-13(21(29)28-18)12-4-5-16(23)15(22)7-12/h4-5,7-10H,3,6H2,1-2H3,(H,28,29)(H2,24,25,26,27). The van der Waals surface area contributed by atoms with Gasteiger partial charge in [0.1, 0.15) is 23.8 Å². The van der Waals surface area contributed by atoms with E-state index in [1.165, 1.54) is 24.5 Å². The summed E-state index contributed by atoms with van der Waals surface area (Å²) < 4.78 is 13.6. The molecule has 0 spiro atoms. The zero-order valence-corrected chi connectivity index (χ0v) is 16.7. The van der Waals surface area contributed by atoms with E-state index in [1.54, 1.807) is 6.07 Å². The molecule has 8 heteroatoms. The van der Waals surface area contributed by atoms with Gasteiger partial charge in [0.15, 0.2) is 0 Å². The summed E-state index contributed by atoms with van der Waals surface area (Å²) in [6, 6.07) is 5.95. The number of hydrogen-bond acceptors (Lipinski definition) is 5. The molecule has 0 atom stereocenters. The van der Waals surface area contributed by atoms with Crippen molar-refractivity contribution in [2.24, 2.45) is 0 Å². The molecule has 1 aromatic carbocycles. The summed E-state index contributed by atoms with van der Waals surface area (Å²) in [6.45, 7) is 7.92. The molecule has 1 aliphatic rings. The Bertz CT molecular complexity index is 1190. The lowest BCUT2D eigenvalue weighted by molar-refractivity contribution is 0.628. The maximum Gasteiger partial charge on any atom is 0.256 e. The second-order valence-corrected chi connectivity index (χ2v) is 7.61. The van der Waals surface area contributed by atoms with Gasteiger partial charge in [-0.25, -0.2) is 14.4 Å². The number of aromatic nitrogens is 3. The van der Waals surface area contributed by atoms with Crippen LogP contribution in [-0.4, -0.2) is 15.0 Å². The molecule has 6 nitrogen and oxygen atoms in total. The maximum atomic E-state index is 13.6. The minimum absolute atomic E-state index is 0.0393. The number of pyridine rings is 1.